The van der Waals surface area contributed by atoms with Crippen molar-refractivity contribution in [2.24, 2.45) is 40.9 Å². The molecule has 0 amide bonds. The predicted molar refractivity (Wildman–Crippen MR) is 276 cm³/mol. The predicted octanol–water partition coefficient (Wildman–Crippen LogP) is 10.1. The fourth-order valence-electron chi connectivity index (χ4n) is 6.79. The van der Waals surface area contributed by atoms with Gasteiger partial charge in [0, 0.05) is 76.3 Å². The quantitative estimate of drug-likeness (QED) is 0.0222. The van der Waals surface area contributed by atoms with Gasteiger partial charge in [0.25, 0.3) is 30.4 Å². The number of phenols is 2. The summed E-state index contributed by atoms with van der Waals surface area (Å²) >= 11 is 0. The minimum absolute atomic E-state index is 0. The SMILES string of the molecule is Nc1ccc(N=Nc2ccc3cc(S(=O)(=O)O)c(N=Nc4ccc(Nc5ccc(N=Nc6c(S(=O)(=O)O)cc7ccc(N=Nc8ccc(N)cc8N)cc7c6O)cc5S(=O)(=O)O)cc4)c(O)c3c2)c(N)c1.[Li].[Na]. The number of hydrogen-bond donors (Lipinski definition) is 10. The summed E-state index contributed by atoms with van der Waals surface area (Å²) in [4.78, 5) is -2.30. The Kier molecular flexibility index (Phi) is 16.4. The number of phenolic OH excluding ortho intramolecular Hbond substituents is 2. The van der Waals surface area contributed by atoms with Crippen molar-refractivity contribution in [1.82, 2.24) is 0 Å². The molecular weight excluding hydrogens is 1010 g/mol. The Hall–Kier alpha value is -7.39. The maximum Gasteiger partial charge on any atom is 0.296 e. The first-order valence-corrected chi connectivity index (χ1v) is 24.3. The molecule has 0 saturated carbocycles. The average molecular weight is 1050 g/mol. The molecule has 0 spiro atoms. The first-order chi connectivity index (χ1) is 33.5. The molecule has 0 aliphatic heterocycles. The van der Waals surface area contributed by atoms with E-state index in [2.05, 4.69) is 46.2 Å². The van der Waals surface area contributed by atoms with Crippen LogP contribution in [0, 0.1) is 0 Å². The third-order valence-corrected chi connectivity index (χ3v) is 12.8. The zero-order valence-electron chi connectivity index (χ0n) is 37.9. The number of aromatic hydroxyl groups is 2. The number of rotatable bonds is 13. The zero-order chi connectivity index (χ0) is 51.0. The largest absolute Gasteiger partial charge is 0.505 e. The van der Waals surface area contributed by atoms with Crippen LogP contribution in [0.4, 0.5) is 79.6 Å². The zero-order valence-corrected chi connectivity index (χ0v) is 42.4. The molecule has 0 fully saturated rings. The molecule has 8 aromatic carbocycles. The van der Waals surface area contributed by atoms with Gasteiger partial charge < -0.3 is 38.5 Å². The molecule has 14 N–H and O–H groups in total. The average Bonchev–Trinajstić information content (AvgIpc) is 3.30. The number of azo groups is 4. The molecule has 0 aliphatic carbocycles. The van der Waals surface area contributed by atoms with Crippen LogP contribution in [-0.2, 0) is 30.4 Å². The van der Waals surface area contributed by atoms with Gasteiger partial charge in [-0.05, 0) is 126 Å². The van der Waals surface area contributed by atoms with E-state index in [1.807, 2.05) is 0 Å². The van der Waals surface area contributed by atoms with Crippen molar-refractivity contribution in [3.8, 4) is 11.5 Å². The number of anilines is 6. The fraction of sp³-hybridized carbons (Fsp3) is 0. The second-order valence-corrected chi connectivity index (χ2v) is 19.3. The normalized spacial score (nSPS) is 12.3. The second kappa shape index (κ2) is 21.8. The summed E-state index contributed by atoms with van der Waals surface area (Å²) in [6, 6.07) is 28.8. The minimum atomic E-state index is -5.04. The van der Waals surface area contributed by atoms with Crippen LogP contribution in [0.1, 0.15) is 0 Å². The van der Waals surface area contributed by atoms with E-state index in [1.165, 1.54) is 91.0 Å². The number of benzene rings is 8. The summed E-state index contributed by atoms with van der Waals surface area (Å²) in [5.74, 6) is -1.41. The van der Waals surface area contributed by atoms with Crippen LogP contribution in [0.15, 0.2) is 183 Å². The van der Waals surface area contributed by atoms with E-state index in [4.69, 9.17) is 22.9 Å². The molecular formula is C44H35LiN13NaO11S3. The van der Waals surface area contributed by atoms with Crippen molar-refractivity contribution in [2.75, 3.05) is 28.3 Å². The monoisotopic (exact) mass is 1050 g/mol. The van der Waals surface area contributed by atoms with E-state index in [-0.39, 0.29) is 115 Å². The van der Waals surface area contributed by atoms with Gasteiger partial charge in [-0.3, -0.25) is 13.7 Å². The van der Waals surface area contributed by atoms with Crippen LogP contribution in [-0.4, -0.2) is 97.5 Å². The fourth-order valence-corrected chi connectivity index (χ4v) is 8.77. The Bertz CT molecular complexity index is 3980. The van der Waals surface area contributed by atoms with Crippen molar-refractivity contribution in [2.45, 2.75) is 14.7 Å². The number of nitrogens with two attached hydrogens (primary N) is 4. The molecule has 24 nitrogen and oxygen atoms in total. The van der Waals surface area contributed by atoms with Crippen LogP contribution in [0.2, 0.25) is 0 Å². The number of nitrogens with one attached hydrogen (secondary N) is 1. The van der Waals surface area contributed by atoms with Gasteiger partial charge in [0.15, 0.2) is 11.5 Å². The van der Waals surface area contributed by atoms with Crippen molar-refractivity contribution in [3.05, 3.63) is 127 Å². The molecule has 0 bridgehead atoms. The molecule has 0 unspecified atom stereocenters. The van der Waals surface area contributed by atoms with Gasteiger partial charge in [-0.15, -0.1) is 20.5 Å². The second-order valence-electron chi connectivity index (χ2n) is 15.2. The van der Waals surface area contributed by atoms with Gasteiger partial charge >= 0.3 is 0 Å². The summed E-state index contributed by atoms with van der Waals surface area (Å²) in [5, 5.41) is 57.9. The molecule has 0 heterocycles. The Labute approximate surface area is 448 Å². The van der Waals surface area contributed by atoms with E-state index in [9.17, 15) is 49.1 Å². The van der Waals surface area contributed by atoms with Crippen LogP contribution < -0.4 is 28.3 Å². The van der Waals surface area contributed by atoms with Gasteiger partial charge in [-0.1, -0.05) is 12.1 Å². The van der Waals surface area contributed by atoms with Gasteiger partial charge in [-0.25, -0.2) is 0 Å². The Morgan fingerprint density at radius 1 is 0.411 bits per heavy atom. The van der Waals surface area contributed by atoms with E-state index >= 15 is 0 Å². The van der Waals surface area contributed by atoms with Crippen LogP contribution >= 0.6 is 0 Å². The Morgan fingerprint density at radius 3 is 1.22 bits per heavy atom. The van der Waals surface area contributed by atoms with Gasteiger partial charge in [0.2, 0.25) is 0 Å². The molecule has 8 rings (SSSR count). The molecule has 362 valence electrons. The van der Waals surface area contributed by atoms with Crippen LogP contribution in [0.3, 0.4) is 0 Å². The number of hydrogen-bond acceptors (Lipinski definition) is 21. The molecule has 8 aromatic rings. The topological polar surface area (TPSA) is 419 Å². The minimum Gasteiger partial charge on any atom is -0.505 e. The van der Waals surface area contributed by atoms with Crippen LogP contribution in [0.5, 0.6) is 11.5 Å². The number of nitrogens with zero attached hydrogens (tertiary/aromatic N) is 8. The van der Waals surface area contributed by atoms with Gasteiger partial charge in [0.05, 0.1) is 39.8 Å². The van der Waals surface area contributed by atoms with Crippen molar-refractivity contribution in [1.29, 1.82) is 0 Å². The summed E-state index contributed by atoms with van der Waals surface area (Å²) in [6.45, 7) is 0. The van der Waals surface area contributed by atoms with Crippen LogP contribution in [0.25, 0.3) is 21.5 Å². The number of nitrogen functional groups attached to an aromatic ring is 4. The maximum absolute atomic E-state index is 12.6. The summed E-state index contributed by atoms with van der Waals surface area (Å²) in [6.07, 6.45) is 0. The van der Waals surface area contributed by atoms with Gasteiger partial charge in [0.1, 0.15) is 37.4 Å². The van der Waals surface area contributed by atoms with E-state index < -0.39 is 67.9 Å². The molecule has 29 heteroatoms. The summed E-state index contributed by atoms with van der Waals surface area (Å²) in [5.41, 5.74) is 24.3. The smallest absolute Gasteiger partial charge is 0.296 e. The van der Waals surface area contributed by atoms with Crippen molar-refractivity contribution < 1.29 is 49.1 Å². The van der Waals surface area contributed by atoms with E-state index in [1.54, 1.807) is 18.2 Å². The molecule has 73 heavy (non-hydrogen) atoms. The van der Waals surface area contributed by atoms with E-state index in [0.717, 1.165) is 18.2 Å². The molecule has 0 saturated heterocycles. The molecule has 0 aromatic heterocycles. The molecule has 0 atom stereocenters. The first-order valence-electron chi connectivity index (χ1n) is 20.0. The Balaban J connectivity index is 0.00000435. The van der Waals surface area contributed by atoms with Crippen molar-refractivity contribution in [3.63, 3.8) is 0 Å². The van der Waals surface area contributed by atoms with E-state index in [0.29, 0.717) is 22.7 Å². The Morgan fingerprint density at radius 2 is 0.795 bits per heavy atom. The summed E-state index contributed by atoms with van der Waals surface area (Å²) < 4.78 is 105. The standard InChI is InChI=1S/C44H35N13O11S3.Li.Na/c45-24-3-12-35(33(47)17-24)54-51-28-5-1-22-15-39(70(63,64)65)41(43(58)31(22)19-28)56-50-27-9-7-26(8-10-27)49-37-14-11-30(21-38(37)69(60,61)62)53-57-42-40(71(66,67)68)16-23-2-6-29(20-32(23)44(42)59)52-55-36-13-4-25(46)18-34(36)48;;/h1-21,49,58-59H,45-48H2,(H,60,61,62)(H,63,64,65)(H,66,67,68);;. The maximum atomic E-state index is 12.6. The third-order valence-electron chi connectivity index (χ3n) is 10.2. The third kappa shape index (κ3) is 12.6. The van der Waals surface area contributed by atoms with Crippen molar-refractivity contribution >= 4 is 180 Å². The molecule has 2 radical (unpaired) electrons. The molecule has 0 aliphatic rings. The first kappa shape index (κ1) is 54.9. The number of fused-ring (bicyclic) bond motifs is 2. The summed E-state index contributed by atoms with van der Waals surface area (Å²) in [7, 11) is -15.0. The van der Waals surface area contributed by atoms with Gasteiger partial charge in [-0.2, -0.15) is 45.7 Å².